The van der Waals surface area contributed by atoms with E-state index in [1.54, 1.807) is 30.9 Å². The molecule has 0 aliphatic rings. The third-order valence-corrected chi connectivity index (χ3v) is 3.54. The van der Waals surface area contributed by atoms with Crippen molar-refractivity contribution >= 4 is 17.3 Å². The van der Waals surface area contributed by atoms with Crippen LogP contribution in [0.2, 0.25) is 0 Å². The SMILES string of the molecule is O=C(NCCCc1ncc[nH]1)c1ccccc1Nc1cccnc1. The van der Waals surface area contributed by atoms with Gasteiger partial charge in [-0.25, -0.2) is 4.98 Å². The molecule has 3 rings (SSSR count). The molecular weight excluding hydrogens is 302 g/mol. The number of para-hydroxylation sites is 1. The fraction of sp³-hybridized carbons (Fsp3) is 0.167. The highest BCUT2D eigenvalue weighted by Gasteiger charge is 2.10. The van der Waals surface area contributed by atoms with E-state index in [2.05, 4.69) is 25.6 Å². The van der Waals surface area contributed by atoms with Crippen molar-refractivity contribution in [3.63, 3.8) is 0 Å². The zero-order valence-electron chi connectivity index (χ0n) is 13.2. The van der Waals surface area contributed by atoms with Gasteiger partial charge in [0.1, 0.15) is 5.82 Å². The zero-order chi connectivity index (χ0) is 16.6. The second-order valence-electron chi connectivity index (χ2n) is 5.31. The molecule has 122 valence electrons. The van der Waals surface area contributed by atoms with Crippen LogP contribution in [0.4, 0.5) is 11.4 Å². The fourth-order valence-corrected chi connectivity index (χ4v) is 2.37. The maximum Gasteiger partial charge on any atom is 0.253 e. The van der Waals surface area contributed by atoms with Crippen LogP contribution in [0.3, 0.4) is 0 Å². The van der Waals surface area contributed by atoms with Gasteiger partial charge in [0.25, 0.3) is 5.91 Å². The Kier molecular flexibility index (Phi) is 5.19. The summed E-state index contributed by atoms with van der Waals surface area (Å²) in [5, 5.41) is 6.18. The number of imidazole rings is 1. The number of aryl methyl sites for hydroxylation is 1. The average Bonchev–Trinajstić information content (AvgIpc) is 3.13. The number of aromatic amines is 1. The number of rotatable bonds is 7. The van der Waals surface area contributed by atoms with Crippen LogP contribution < -0.4 is 10.6 Å². The summed E-state index contributed by atoms with van der Waals surface area (Å²) >= 11 is 0. The van der Waals surface area contributed by atoms with Gasteiger partial charge in [-0.05, 0) is 30.7 Å². The number of anilines is 2. The van der Waals surface area contributed by atoms with Crippen LogP contribution in [0.1, 0.15) is 22.6 Å². The van der Waals surface area contributed by atoms with Crippen molar-refractivity contribution in [1.29, 1.82) is 0 Å². The number of carbonyl (C=O) groups excluding carboxylic acids is 1. The first-order valence-corrected chi connectivity index (χ1v) is 7.85. The predicted molar refractivity (Wildman–Crippen MR) is 93.2 cm³/mol. The molecule has 3 N–H and O–H groups in total. The molecule has 0 bridgehead atoms. The second-order valence-corrected chi connectivity index (χ2v) is 5.31. The minimum Gasteiger partial charge on any atom is -0.354 e. The number of H-pyrrole nitrogens is 1. The van der Waals surface area contributed by atoms with Gasteiger partial charge in [0.15, 0.2) is 0 Å². The molecule has 24 heavy (non-hydrogen) atoms. The smallest absolute Gasteiger partial charge is 0.253 e. The molecule has 0 spiro atoms. The Balaban J connectivity index is 1.58. The molecule has 1 amide bonds. The summed E-state index contributed by atoms with van der Waals surface area (Å²) in [5.74, 6) is 0.837. The van der Waals surface area contributed by atoms with Crippen molar-refractivity contribution in [2.75, 3.05) is 11.9 Å². The van der Waals surface area contributed by atoms with Crippen molar-refractivity contribution in [2.24, 2.45) is 0 Å². The van der Waals surface area contributed by atoms with Gasteiger partial charge >= 0.3 is 0 Å². The normalized spacial score (nSPS) is 10.3. The second kappa shape index (κ2) is 7.92. The third kappa shape index (κ3) is 4.19. The largest absolute Gasteiger partial charge is 0.354 e. The van der Waals surface area contributed by atoms with E-state index in [4.69, 9.17) is 0 Å². The zero-order valence-corrected chi connectivity index (χ0v) is 13.2. The first kappa shape index (κ1) is 15.7. The number of aromatic nitrogens is 3. The third-order valence-electron chi connectivity index (χ3n) is 3.54. The van der Waals surface area contributed by atoms with Gasteiger partial charge < -0.3 is 15.6 Å². The van der Waals surface area contributed by atoms with Crippen molar-refractivity contribution in [2.45, 2.75) is 12.8 Å². The van der Waals surface area contributed by atoms with E-state index in [0.717, 1.165) is 30.0 Å². The van der Waals surface area contributed by atoms with Crippen molar-refractivity contribution < 1.29 is 4.79 Å². The lowest BCUT2D eigenvalue weighted by molar-refractivity contribution is 0.0954. The van der Waals surface area contributed by atoms with Gasteiger partial charge in [0.2, 0.25) is 0 Å². The van der Waals surface area contributed by atoms with Gasteiger partial charge in [-0.1, -0.05) is 12.1 Å². The van der Waals surface area contributed by atoms with Gasteiger partial charge in [-0.2, -0.15) is 0 Å². The van der Waals surface area contributed by atoms with Crippen LogP contribution in [-0.2, 0) is 6.42 Å². The molecule has 0 saturated carbocycles. The monoisotopic (exact) mass is 321 g/mol. The summed E-state index contributed by atoms with van der Waals surface area (Å²) in [6, 6.07) is 11.2. The standard InChI is InChI=1S/C18H19N5O/c24-18(22-10-4-8-17-20-11-12-21-17)15-6-1-2-7-16(15)23-14-5-3-9-19-13-14/h1-3,5-7,9,11-13,23H,4,8,10H2,(H,20,21)(H,22,24). The summed E-state index contributed by atoms with van der Waals surface area (Å²) in [5.41, 5.74) is 2.21. The molecule has 6 nitrogen and oxygen atoms in total. The molecule has 0 fully saturated rings. The van der Waals surface area contributed by atoms with Gasteiger partial charge in [0, 0.05) is 31.6 Å². The Morgan fingerprint density at radius 2 is 2.04 bits per heavy atom. The quantitative estimate of drug-likeness (QED) is 0.584. The highest BCUT2D eigenvalue weighted by Crippen LogP contribution is 2.20. The Hall–Kier alpha value is -3.15. The maximum absolute atomic E-state index is 12.4. The van der Waals surface area contributed by atoms with Crippen molar-refractivity contribution in [3.05, 3.63) is 72.6 Å². The van der Waals surface area contributed by atoms with E-state index >= 15 is 0 Å². The van der Waals surface area contributed by atoms with E-state index in [1.165, 1.54) is 0 Å². The Morgan fingerprint density at radius 3 is 2.83 bits per heavy atom. The molecule has 0 radical (unpaired) electrons. The lowest BCUT2D eigenvalue weighted by atomic mass is 10.1. The van der Waals surface area contributed by atoms with Gasteiger partial charge in [-0.15, -0.1) is 0 Å². The summed E-state index contributed by atoms with van der Waals surface area (Å²) in [6.45, 7) is 0.598. The Labute approximate surface area is 140 Å². The van der Waals surface area contributed by atoms with Crippen molar-refractivity contribution in [3.8, 4) is 0 Å². The molecule has 0 unspecified atom stereocenters. The Bertz CT molecular complexity index is 771. The highest BCUT2D eigenvalue weighted by molar-refractivity contribution is 6.00. The van der Waals surface area contributed by atoms with Crippen LogP contribution in [0.5, 0.6) is 0 Å². The summed E-state index contributed by atoms with van der Waals surface area (Å²) < 4.78 is 0. The molecule has 0 aliphatic heterocycles. The number of hydrogen-bond acceptors (Lipinski definition) is 4. The number of pyridine rings is 1. The van der Waals surface area contributed by atoms with E-state index in [0.29, 0.717) is 12.1 Å². The Morgan fingerprint density at radius 1 is 1.12 bits per heavy atom. The van der Waals surface area contributed by atoms with Crippen LogP contribution in [0.15, 0.2) is 61.2 Å². The van der Waals surface area contributed by atoms with E-state index in [1.807, 2.05) is 30.3 Å². The van der Waals surface area contributed by atoms with Gasteiger partial charge in [-0.3, -0.25) is 9.78 Å². The number of carbonyl (C=O) groups is 1. The molecule has 0 aliphatic carbocycles. The molecule has 6 heteroatoms. The van der Waals surface area contributed by atoms with E-state index < -0.39 is 0 Å². The van der Waals surface area contributed by atoms with Crippen LogP contribution in [0.25, 0.3) is 0 Å². The number of nitrogens with zero attached hydrogens (tertiary/aromatic N) is 2. The molecule has 3 aromatic rings. The van der Waals surface area contributed by atoms with Crippen LogP contribution >= 0.6 is 0 Å². The minimum absolute atomic E-state index is 0.0959. The number of nitrogens with one attached hydrogen (secondary N) is 3. The molecule has 2 aromatic heterocycles. The number of benzene rings is 1. The average molecular weight is 321 g/mol. The molecule has 1 aromatic carbocycles. The summed E-state index contributed by atoms with van der Waals surface area (Å²) in [6.07, 6.45) is 8.60. The minimum atomic E-state index is -0.0959. The molecule has 0 saturated heterocycles. The first-order valence-electron chi connectivity index (χ1n) is 7.85. The maximum atomic E-state index is 12.4. The first-order chi connectivity index (χ1) is 11.8. The molecule has 2 heterocycles. The topological polar surface area (TPSA) is 82.7 Å². The lowest BCUT2D eigenvalue weighted by Crippen LogP contribution is -2.25. The van der Waals surface area contributed by atoms with E-state index in [9.17, 15) is 4.79 Å². The van der Waals surface area contributed by atoms with Crippen LogP contribution in [-0.4, -0.2) is 27.4 Å². The highest BCUT2D eigenvalue weighted by atomic mass is 16.1. The van der Waals surface area contributed by atoms with Gasteiger partial charge in [0.05, 0.1) is 23.1 Å². The molecule has 0 atom stereocenters. The number of hydrogen-bond donors (Lipinski definition) is 3. The van der Waals surface area contributed by atoms with Crippen LogP contribution in [0, 0.1) is 0 Å². The molecular formula is C18H19N5O. The predicted octanol–water partition coefficient (Wildman–Crippen LogP) is 2.91. The van der Waals surface area contributed by atoms with E-state index in [-0.39, 0.29) is 5.91 Å². The fourth-order valence-electron chi connectivity index (χ4n) is 2.37. The summed E-state index contributed by atoms with van der Waals surface area (Å²) in [7, 11) is 0. The number of amides is 1. The lowest BCUT2D eigenvalue weighted by Gasteiger charge is -2.12. The summed E-state index contributed by atoms with van der Waals surface area (Å²) in [4.78, 5) is 23.7. The van der Waals surface area contributed by atoms with Crippen molar-refractivity contribution in [1.82, 2.24) is 20.3 Å².